The molecule has 1 aromatic carbocycles. The number of aromatic nitrogens is 1. The van der Waals surface area contributed by atoms with Gasteiger partial charge in [0.25, 0.3) is 11.5 Å². The Balaban J connectivity index is 2.05. The van der Waals surface area contributed by atoms with Crippen LogP contribution in [0.15, 0.2) is 41.2 Å². The van der Waals surface area contributed by atoms with Crippen LogP contribution in [0.2, 0.25) is 0 Å². The minimum Gasteiger partial charge on any atom is -0.365 e. The number of nitrogens with two attached hydrogens (primary N) is 1. The van der Waals surface area contributed by atoms with E-state index in [-0.39, 0.29) is 10.3 Å². The Labute approximate surface area is 155 Å². The molecular weight excluding hydrogens is 381 g/mol. The number of primary amides is 1. The Hall–Kier alpha value is -3.63. The number of fused-ring (bicyclic) bond motifs is 1. The first-order valence-corrected chi connectivity index (χ1v) is 7.89. The number of rotatable bonds is 3. The fourth-order valence-corrected chi connectivity index (χ4v) is 2.85. The lowest BCUT2D eigenvalue weighted by atomic mass is 10.2. The highest BCUT2D eigenvalue weighted by Gasteiger charge is 2.36. The average molecular weight is 394 g/mol. The van der Waals surface area contributed by atoms with E-state index in [1.165, 1.54) is 12.1 Å². The number of nitrogens with zero attached hydrogens (tertiary/aromatic N) is 2. The normalized spacial score (nSPS) is 13.7. The predicted molar refractivity (Wildman–Crippen MR) is 91.6 cm³/mol. The fraction of sp³-hybridized carbons (Fsp3) is 0.176. The van der Waals surface area contributed by atoms with Crippen molar-refractivity contribution < 1.29 is 27.6 Å². The van der Waals surface area contributed by atoms with Gasteiger partial charge in [-0.3, -0.25) is 28.6 Å². The molecule has 0 radical (unpaired) electrons. The van der Waals surface area contributed by atoms with E-state index in [9.17, 15) is 32.3 Å². The monoisotopic (exact) mass is 394 g/mol. The van der Waals surface area contributed by atoms with E-state index in [2.05, 4.69) is 5.32 Å². The first-order chi connectivity index (χ1) is 13.1. The molecule has 11 heteroatoms. The third-order valence-corrected chi connectivity index (χ3v) is 4.10. The van der Waals surface area contributed by atoms with Crippen LogP contribution in [0.1, 0.15) is 16.1 Å². The zero-order valence-corrected chi connectivity index (χ0v) is 14.1. The number of hydrogen-bond donors (Lipinski definition) is 2. The van der Waals surface area contributed by atoms with Crippen LogP contribution in [-0.2, 0) is 22.3 Å². The Morgan fingerprint density at radius 1 is 1.11 bits per heavy atom. The highest BCUT2D eigenvalue weighted by molar-refractivity contribution is 6.09. The van der Waals surface area contributed by atoms with Gasteiger partial charge in [0.15, 0.2) is 0 Å². The van der Waals surface area contributed by atoms with Crippen molar-refractivity contribution >= 4 is 29.1 Å². The molecule has 0 spiro atoms. The molecule has 1 aliphatic rings. The summed E-state index contributed by atoms with van der Waals surface area (Å²) in [6.07, 6.45) is -4.95. The second-order valence-electron chi connectivity index (χ2n) is 5.93. The van der Waals surface area contributed by atoms with Gasteiger partial charge in [-0.2, -0.15) is 13.2 Å². The summed E-state index contributed by atoms with van der Waals surface area (Å²) in [4.78, 5) is 49.1. The summed E-state index contributed by atoms with van der Waals surface area (Å²) in [5.41, 5.74) is 2.16. The quantitative estimate of drug-likeness (QED) is 0.807. The van der Waals surface area contributed by atoms with Gasteiger partial charge in [-0.25, -0.2) is 0 Å². The van der Waals surface area contributed by atoms with Crippen LogP contribution < -0.4 is 21.5 Å². The van der Waals surface area contributed by atoms with E-state index in [0.717, 1.165) is 4.90 Å². The van der Waals surface area contributed by atoms with Crippen LogP contribution in [0.4, 0.5) is 24.5 Å². The maximum atomic E-state index is 13.3. The van der Waals surface area contributed by atoms with E-state index in [1.807, 2.05) is 0 Å². The minimum atomic E-state index is -4.95. The van der Waals surface area contributed by atoms with E-state index >= 15 is 0 Å². The van der Waals surface area contributed by atoms with E-state index < -0.39 is 53.8 Å². The van der Waals surface area contributed by atoms with E-state index in [1.54, 1.807) is 12.1 Å². The van der Waals surface area contributed by atoms with Crippen LogP contribution in [0.25, 0.3) is 0 Å². The SMILES string of the molecule is NC(=O)c1ccc(C(F)(F)F)n(CC(=O)N2CC(=O)Nc3ccccc32)c1=O. The zero-order valence-electron chi connectivity index (χ0n) is 14.1. The molecule has 0 fully saturated rings. The third kappa shape index (κ3) is 3.46. The summed E-state index contributed by atoms with van der Waals surface area (Å²) in [7, 11) is 0. The number of anilines is 2. The molecule has 2 aromatic rings. The number of pyridine rings is 1. The van der Waals surface area contributed by atoms with Gasteiger partial charge in [-0.05, 0) is 24.3 Å². The Bertz CT molecular complexity index is 1050. The first-order valence-electron chi connectivity index (χ1n) is 7.89. The molecule has 0 atom stereocenters. The molecule has 3 N–H and O–H groups in total. The summed E-state index contributed by atoms with van der Waals surface area (Å²) in [6.45, 7) is -1.46. The smallest absolute Gasteiger partial charge is 0.365 e. The molecule has 3 rings (SSSR count). The molecule has 1 aliphatic heterocycles. The molecule has 146 valence electrons. The maximum Gasteiger partial charge on any atom is 0.431 e. The summed E-state index contributed by atoms with van der Waals surface area (Å²) in [5, 5.41) is 2.54. The maximum absolute atomic E-state index is 13.3. The molecule has 0 saturated carbocycles. The molecule has 1 aromatic heterocycles. The van der Waals surface area contributed by atoms with Gasteiger partial charge in [0.2, 0.25) is 11.8 Å². The van der Waals surface area contributed by atoms with Crippen molar-refractivity contribution in [1.29, 1.82) is 0 Å². The van der Waals surface area contributed by atoms with E-state index in [0.29, 0.717) is 17.8 Å². The van der Waals surface area contributed by atoms with E-state index in [4.69, 9.17) is 5.73 Å². The van der Waals surface area contributed by atoms with Crippen LogP contribution in [-0.4, -0.2) is 28.8 Å². The molecule has 0 unspecified atom stereocenters. The highest BCUT2D eigenvalue weighted by Crippen LogP contribution is 2.31. The Morgan fingerprint density at radius 3 is 2.43 bits per heavy atom. The highest BCUT2D eigenvalue weighted by atomic mass is 19.4. The Morgan fingerprint density at radius 2 is 1.79 bits per heavy atom. The molecule has 3 amide bonds. The summed E-state index contributed by atoms with van der Waals surface area (Å²) < 4.78 is 40.0. The van der Waals surface area contributed by atoms with Gasteiger partial charge >= 0.3 is 6.18 Å². The molecule has 0 saturated heterocycles. The Kier molecular flexibility index (Phi) is 4.67. The van der Waals surface area contributed by atoms with Crippen molar-refractivity contribution in [1.82, 2.24) is 4.57 Å². The zero-order chi connectivity index (χ0) is 20.6. The fourth-order valence-electron chi connectivity index (χ4n) is 2.85. The van der Waals surface area contributed by atoms with Crippen LogP contribution in [0, 0.1) is 0 Å². The number of benzene rings is 1. The topological polar surface area (TPSA) is 114 Å². The molecule has 0 aliphatic carbocycles. The standard InChI is InChI=1S/C17H13F3N4O4/c18-17(19,20)12-6-5-9(15(21)27)16(28)24(12)8-14(26)23-7-13(25)22-10-3-1-2-4-11(10)23/h1-6H,7-8H2,(H2,21,27)(H,22,25). The largest absolute Gasteiger partial charge is 0.431 e. The summed E-state index contributed by atoms with van der Waals surface area (Å²) in [6, 6.07) is 7.38. The van der Waals surface area contributed by atoms with Gasteiger partial charge in [-0.15, -0.1) is 0 Å². The van der Waals surface area contributed by atoms with Crippen LogP contribution in [0.5, 0.6) is 0 Å². The molecule has 0 bridgehead atoms. The first kappa shape index (κ1) is 19.1. The average Bonchev–Trinajstić information content (AvgIpc) is 2.61. The number of carbonyl (C=O) groups excluding carboxylic acids is 3. The van der Waals surface area contributed by atoms with Crippen molar-refractivity contribution in [2.45, 2.75) is 12.7 Å². The number of carbonyl (C=O) groups is 3. The minimum absolute atomic E-state index is 0.136. The number of hydrogen-bond acceptors (Lipinski definition) is 4. The van der Waals surface area contributed by atoms with Gasteiger partial charge in [-0.1, -0.05) is 12.1 Å². The second-order valence-corrected chi connectivity index (χ2v) is 5.93. The predicted octanol–water partition coefficient (Wildman–Crippen LogP) is 0.951. The number of amides is 3. The molecular formula is C17H13F3N4O4. The van der Waals surface area contributed by atoms with Crippen LogP contribution in [0.3, 0.4) is 0 Å². The summed E-state index contributed by atoms with van der Waals surface area (Å²) in [5.74, 6) is -2.69. The van der Waals surface area contributed by atoms with Crippen molar-refractivity contribution in [2.75, 3.05) is 16.8 Å². The number of para-hydroxylation sites is 2. The lowest BCUT2D eigenvalue weighted by Crippen LogP contribution is -2.45. The van der Waals surface area contributed by atoms with Crippen molar-refractivity contribution in [3.05, 3.63) is 58.0 Å². The van der Waals surface area contributed by atoms with Gasteiger partial charge in [0.1, 0.15) is 24.3 Å². The molecule has 28 heavy (non-hydrogen) atoms. The van der Waals surface area contributed by atoms with Crippen molar-refractivity contribution in [2.24, 2.45) is 5.73 Å². The lowest BCUT2D eigenvalue weighted by Gasteiger charge is -2.29. The molecule has 8 nitrogen and oxygen atoms in total. The number of alkyl halides is 3. The number of halogens is 3. The van der Waals surface area contributed by atoms with Gasteiger partial charge in [0.05, 0.1) is 11.4 Å². The third-order valence-electron chi connectivity index (χ3n) is 4.10. The lowest BCUT2D eigenvalue weighted by molar-refractivity contribution is -0.144. The van der Waals surface area contributed by atoms with Crippen molar-refractivity contribution in [3.63, 3.8) is 0 Å². The second kappa shape index (κ2) is 6.83. The number of nitrogens with one attached hydrogen (secondary N) is 1. The van der Waals surface area contributed by atoms with Gasteiger partial charge < -0.3 is 11.1 Å². The molecule has 2 heterocycles. The van der Waals surface area contributed by atoms with Gasteiger partial charge in [0, 0.05) is 0 Å². The van der Waals surface area contributed by atoms with Crippen molar-refractivity contribution in [3.8, 4) is 0 Å². The van der Waals surface area contributed by atoms with Crippen LogP contribution >= 0.6 is 0 Å². The summed E-state index contributed by atoms with van der Waals surface area (Å²) >= 11 is 0.